The Labute approximate surface area is 233 Å². The fraction of sp³-hybridized carbons (Fsp3) is 0.172. The van der Waals surface area contributed by atoms with Crippen LogP contribution in [0.25, 0.3) is 32.4 Å². The number of benzene rings is 4. The van der Waals surface area contributed by atoms with Gasteiger partial charge in [-0.15, -0.1) is 12.4 Å². The van der Waals surface area contributed by atoms with E-state index in [0.717, 1.165) is 51.0 Å². The number of esters is 1. The molecular weight excluding hydrogens is 540 g/mol. The summed E-state index contributed by atoms with van der Waals surface area (Å²) >= 11 is 0. The Morgan fingerprint density at radius 2 is 1.70 bits per heavy atom. The summed E-state index contributed by atoms with van der Waals surface area (Å²) in [5, 5.41) is 16.1. The number of fused-ring (bicyclic) bond motifs is 4. The predicted octanol–water partition coefficient (Wildman–Crippen LogP) is 5.28. The van der Waals surface area contributed by atoms with Crippen molar-refractivity contribution in [3.05, 3.63) is 76.0 Å². The lowest BCUT2D eigenvalue weighted by atomic mass is 9.93. The van der Waals surface area contributed by atoms with Crippen molar-refractivity contribution in [3.8, 4) is 28.7 Å². The van der Waals surface area contributed by atoms with E-state index < -0.39 is 10.9 Å². The topological polar surface area (TPSA) is 110 Å². The van der Waals surface area contributed by atoms with E-state index in [0.29, 0.717) is 17.7 Å². The lowest BCUT2D eigenvalue weighted by molar-refractivity contribution is -0.670. The fourth-order valence-corrected chi connectivity index (χ4v) is 5.61. The predicted molar refractivity (Wildman–Crippen MR) is 147 cm³/mol. The van der Waals surface area contributed by atoms with Gasteiger partial charge in [-0.1, -0.05) is 0 Å². The van der Waals surface area contributed by atoms with Crippen LogP contribution in [0.4, 0.5) is 5.69 Å². The minimum Gasteiger partial charge on any atom is -0.493 e. The molecule has 3 heterocycles. The van der Waals surface area contributed by atoms with Gasteiger partial charge in [0.15, 0.2) is 41.5 Å². The van der Waals surface area contributed by atoms with Gasteiger partial charge in [-0.3, -0.25) is 10.1 Å². The zero-order valence-corrected chi connectivity index (χ0v) is 22.2. The van der Waals surface area contributed by atoms with E-state index in [1.165, 1.54) is 31.9 Å². The first kappa shape index (κ1) is 25.4. The molecule has 0 spiro atoms. The van der Waals surface area contributed by atoms with Gasteiger partial charge in [0, 0.05) is 23.3 Å². The van der Waals surface area contributed by atoms with E-state index in [1.54, 1.807) is 6.07 Å². The molecule has 10 nitrogen and oxygen atoms in total. The molecule has 5 aromatic rings. The number of methoxy groups -OCH3 is 2. The largest absolute Gasteiger partial charge is 0.493 e. The summed E-state index contributed by atoms with van der Waals surface area (Å²) in [6.45, 7) is 0.920. The highest BCUT2D eigenvalue weighted by Gasteiger charge is 2.30. The van der Waals surface area contributed by atoms with Crippen LogP contribution in [-0.2, 0) is 13.0 Å². The summed E-state index contributed by atoms with van der Waals surface area (Å²) in [7, 11) is 2.83. The molecule has 1 aromatic heterocycles. The molecule has 11 heteroatoms. The normalized spacial score (nSPS) is 12.9. The van der Waals surface area contributed by atoms with Crippen molar-refractivity contribution in [2.24, 2.45) is 0 Å². The van der Waals surface area contributed by atoms with Gasteiger partial charge in [-0.25, -0.2) is 4.79 Å². The van der Waals surface area contributed by atoms with Gasteiger partial charge in [0.1, 0.15) is 0 Å². The number of hydrogen-bond acceptors (Lipinski definition) is 8. The Bertz CT molecular complexity index is 1910. The summed E-state index contributed by atoms with van der Waals surface area (Å²) in [5.74, 6) is 1.42. The molecule has 7 rings (SSSR count). The highest BCUT2D eigenvalue weighted by molar-refractivity contribution is 6.17. The third kappa shape index (κ3) is 3.64. The summed E-state index contributed by atoms with van der Waals surface area (Å²) in [5.41, 5.74) is 1.95. The molecule has 40 heavy (non-hydrogen) atoms. The maximum Gasteiger partial charge on any atom is 0.343 e. The summed E-state index contributed by atoms with van der Waals surface area (Å²) < 4.78 is 30.1. The van der Waals surface area contributed by atoms with E-state index in [2.05, 4.69) is 10.6 Å². The Morgan fingerprint density at radius 1 is 0.950 bits per heavy atom. The molecule has 0 saturated heterocycles. The van der Waals surface area contributed by atoms with E-state index in [4.69, 9.17) is 23.7 Å². The van der Waals surface area contributed by atoms with Crippen LogP contribution in [0.15, 0.2) is 54.7 Å². The molecule has 202 valence electrons. The SMILES string of the molecule is COc1ccc(C(=O)Oc2c(OC)ccc3c2c[n+]2c4c3ccc3c5c(cc(c34)CC2)OCO5)cc1[N+](=O)[O-].Cl. The molecule has 2 aliphatic heterocycles. The number of aryl methyl sites for hydroxylation is 2. The van der Waals surface area contributed by atoms with Crippen LogP contribution in [0, 0.1) is 10.1 Å². The Kier molecular flexibility index (Phi) is 5.99. The molecule has 4 aromatic carbocycles. The molecule has 0 atom stereocenters. The summed E-state index contributed by atoms with van der Waals surface area (Å²) in [6, 6.07) is 13.8. The molecule has 0 aliphatic carbocycles. The number of nitro benzene ring substituents is 1. The lowest BCUT2D eigenvalue weighted by Gasteiger charge is -2.18. The van der Waals surface area contributed by atoms with Crippen LogP contribution < -0.4 is 28.3 Å². The zero-order chi connectivity index (χ0) is 26.8. The Morgan fingerprint density at radius 3 is 2.48 bits per heavy atom. The molecule has 0 N–H and O–H groups in total. The fourth-order valence-electron chi connectivity index (χ4n) is 5.61. The van der Waals surface area contributed by atoms with Crippen LogP contribution in [0.5, 0.6) is 28.7 Å². The lowest BCUT2D eigenvalue weighted by Crippen LogP contribution is -2.38. The number of nitro groups is 1. The number of nitrogens with zero attached hydrogens (tertiary/aromatic N) is 2. The van der Waals surface area contributed by atoms with Crippen molar-refractivity contribution < 1.29 is 38.0 Å². The van der Waals surface area contributed by atoms with Crippen LogP contribution in [0.3, 0.4) is 0 Å². The number of hydrogen-bond donors (Lipinski definition) is 0. The van der Waals surface area contributed by atoms with E-state index in [-0.39, 0.29) is 41.9 Å². The number of carbonyl (C=O) groups is 1. The second kappa shape index (κ2) is 9.42. The Hall–Kier alpha value is -4.83. The van der Waals surface area contributed by atoms with Gasteiger partial charge in [-0.2, -0.15) is 4.57 Å². The second-order valence-electron chi connectivity index (χ2n) is 9.32. The van der Waals surface area contributed by atoms with E-state index in [1.807, 2.05) is 24.4 Å². The molecule has 0 bridgehead atoms. The number of pyridine rings is 1. The number of halogens is 1. The van der Waals surface area contributed by atoms with Crippen molar-refractivity contribution in [3.63, 3.8) is 0 Å². The van der Waals surface area contributed by atoms with Gasteiger partial charge in [0.2, 0.25) is 12.3 Å². The van der Waals surface area contributed by atoms with Gasteiger partial charge >= 0.3 is 11.7 Å². The second-order valence-corrected chi connectivity index (χ2v) is 9.32. The summed E-state index contributed by atoms with van der Waals surface area (Å²) in [6.07, 6.45) is 2.76. The van der Waals surface area contributed by atoms with Crippen molar-refractivity contribution in [1.82, 2.24) is 0 Å². The quantitative estimate of drug-likeness (QED) is 0.0711. The molecule has 2 aliphatic rings. The molecule has 0 radical (unpaired) electrons. The van der Waals surface area contributed by atoms with Gasteiger partial charge in [0.25, 0.3) is 0 Å². The summed E-state index contributed by atoms with van der Waals surface area (Å²) in [4.78, 5) is 24.1. The third-order valence-corrected chi connectivity index (χ3v) is 7.36. The molecule has 0 fully saturated rings. The third-order valence-electron chi connectivity index (χ3n) is 7.36. The first-order valence-corrected chi connectivity index (χ1v) is 12.2. The van der Waals surface area contributed by atoms with Gasteiger partial charge < -0.3 is 23.7 Å². The van der Waals surface area contributed by atoms with Crippen LogP contribution in [0.1, 0.15) is 15.9 Å². The average Bonchev–Trinajstić information content (AvgIpc) is 3.44. The monoisotopic (exact) mass is 561 g/mol. The standard InChI is InChI=1S/C29H21N2O8.ClH/c1-35-22-7-3-16(11-21(22)31(33)34)29(32)39-28-20-13-30-10-9-15-12-24-27(38-14-37-24)19-5-4-18(26(30)25(15)19)17(20)6-8-23(28)36-2;/h3-8,11-13H,9-10,14H2,1-2H3;1H/q+1;. The van der Waals surface area contributed by atoms with Gasteiger partial charge in [-0.05, 0) is 48.0 Å². The number of aromatic nitrogens is 1. The number of carbonyl (C=O) groups excluding carboxylic acids is 1. The van der Waals surface area contributed by atoms with Crippen LogP contribution >= 0.6 is 12.4 Å². The molecule has 0 saturated carbocycles. The van der Waals surface area contributed by atoms with Crippen molar-refractivity contribution in [1.29, 1.82) is 0 Å². The van der Waals surface area contributed by atoms with Crippen LogP contribution in [0.2, 0.25) is 0 Å². The minimum absolute atomic E-state index is 0. The van der Waals surface area contributed by atoms with E-state index >= 15 is 0 Å². The minimum atomic E-state index is -0.751. The average molecular weight is 562 g/mol. The number of ether oxygens (including phenoxy) is 5. The smallest absolute Gasteiger partial charge is 0.343 e. The first-order valence-electron chi connectivity index (χ1n) is 12.2. The number of rotatable bonds is 5. The van der Waals surface area contributed by atoms with Crippen molar-refractivity contribution in [2.75, 3.05) is 21.0 Å². The van der Waals surface area contributed by atoms with Crippen molar-refractivity contribution in [2.45, 2.75) is 13.0 Å². The molecule has 0 amide bonds. The van der Waals surface area contributed by atoms with Crippen molar-refractivity contribution >= 4 is 56.5 Å². The van der Waals surface area contributed by atoms with Gasteiger partial charge in [0.05, 0.1) is 40.9 Å². The first-order chi connectivity index (χ1) is 19.0. The van der Waals surface area contributed by atoms with Crippen LogP contribution in [-0.4, -0.2) is 31.9 Å². The molecule has 0 unspecified atom stereocenters. The maximum atomic E-state index is 13.2. The zero-order valence-electron chi connectivity index (χ0n) is 21.4. The maximum absolute atomic E-state index is 13.2. The highest BCUT2D eigenvalue weighted by atomic mass is 35.5. The molecular formula is C29H22ClN2O8+. The Balaban J connectivity index is 0.00000289. The highest BCUT2D eigenvalue weighted by Crippen LogP contribution is 2.46. The van der Waals surface area contributed by atoms with E-state index in [9.17, 15) is 14.9 Å².